The van der Waals surface area contributed by atoms with Gasteiger partial charge in [0.25, 0.3) is 0 Å². The molecular formula is C13H14FNOS. The summed E-state index contributed by atoms with van der Waals surface area (Å²) in [6.07, 6.45) is 2.49. The number of hydrogen-bond acceptors (Lipinski definition) is 3. The van der Waals surface area contributed by atoms with Crippen LogP contribution in [0.2, 0.25) is 0 Å². The van der Waals surface area contributed by atoms with Crippen molar-refractivity contribution in [2.75, 3.05) is 0 Å². The van der Waals surface area contributed by atoms with Crippen molar-refractivity contribution in [1.82, 2.24) is 0 Å². The predicted molar refractivity (Wildman–Crippen MR) is 64.4 cm³/mol. The molecule has 0 unspecified atom stereocenters. The second-order valence-electron chi connectivity index (χ2n) is 4.48. The second kappa shape index (κ2) is 4.58. The van der Waals surface area contributed by atoms with Gasteiger partial charge in [-0.25, -0.2) is 4.39 Å². The highest BCUT2D eigenvalue weighted by molar-refractivity contribution is 7.12. The molecule has 0 saturated heterocycles. The summed E-state index contributed by atoms with van der Waals surface area (Å²) < 4.78 is 13.9. The Hall–Kier alpha value is -1.21. The summed E-state index contributed by atoms with van der Waals surface area (Å²) in [5.41, 5.74) is -0.768. The molecule has 1 saturated carbocycles. The first-order valence-corrected chi connectivity index (χ1v) is 6.64. The Morgan fingerprint density at radius 3 is 2.65 bits per heavy atom. The molecule has 1 aliphatic rings. The number of nitrogens with zero attached hydrogens (tertiary/aromatic N) is 1. The van der Waals surface area contributed by atoms with Crippen molar-refractivity contribution in [1.29, 1.82) is 5.26 Å². The van der Waals surface area contributed by atoms with Gasteiger partial charge >= 0.3 is 0 Å². The highest BCUT2D eigenvalue weighted by atomic mass is 32.1. The summed E-state index contributed by atoms with van der Waals surface area (Å²) in [7, 11) is 0. The van der Waals surface area contributed by atoms with E-state index in [1.807, 2.05) is 6.92 Å². The van der Waals surface area contributed by atoms with Crippen molar-refractivity contribution in [2.24, 2.45) is 0 Å². The molecule has 90 valence electrons. The lowest BCUT2D eigenvalue weighted by atomic mass is 9.73. The van der Waals surface area contributed by atoms with Gasteiger partial charge in [0.1, 0.15) is 11.6 Å². The summed E-state index contributed by atoms with van der Waals surface area (Å²) in [6.45, 7) is 1.97. The number of halogens is 1. The molecule has 1 aliphatic carbocycles. The van der Waals surface area contributed by atoms with Crippen LogP contribution in [0, 0.1) is 17.1 Å². The molecule has 0 aromatic carbocycles. The van der Waals surface area contributed by atoms with Gasteiger partial charge in [-0.1, -0.05) is 6.92 Å². The molecule has 1 heterocycles. The number of rotatable bonds is 2. The van der Waals surface area contributed by atoms with Crippen LogP contribution in [-0.2, 0) is 16.6 Å². The fourth-order valence-electron chi connectivity index (χ4n) is 2.26. The van der Waals surface area contributed by atoms with Crippen LogP contribution in [0.1, 0.15) is 42.4 Å². The van der Waals surface area contributed by atoms with Crippen molar-refractivity contribution in [2.45, 2.75) is 44.4 Å². The van der Waals surface area contributed by atoms with Crippen molar-refractivity contribution < 1.29 is 9.18 Å². The molecule has 0 N–H and O–H groups in total. The standard InChI is InChI=1S/C13H14FNOS/c1-2-10-7-11(14)12(17-10)13(8-15)5-3-9(16)4-6-13/h7H,2-6H2,1H3. The Kier molecular flexibility index (Phi) is 3.30. The lowest BCUT2D eigenvalue weighted by Crippen LogP contribution is -2.30. The maximum Gasteiger partial charge on any atom is 0.139 e. The highest BCUT2D eigenvalue weighted by Gasteiger charge is 2.40. The van der Waals surface area contributed by atoms with E-state index in [1.165, 1.54) is 17.4 Å². The number of nitriles is 1. The van der Waals surface area contributed by atoms with Gasteiger partial charge in [-0.05, 0) is 25.3 Å². The summed E-state index contributed by atoms with van der Waals surface area (Å²) >= 11 is 1.38. The van der Waals surface area contributed by atoms with E-state index in [0.717, 1.165) is 11.3 Å². The Morgan fingerprint density at radius 1 is 1.53 bits per heavy atom. The van der Waals surface area contributed by atoms with E-state index in [0.29, 0.717) is 30.6 Å². The van der Waals surface area contributed by atoms with Crippen molar-refractivity contribution in [3.8, 4) is 6.07 Å². The fourth-order valence-corrected chi connectivity index (χ4v) is 3.43. The number of thiophene rings is 1. The van der Waals surface area contributed by atoms with E-state index in [1.54, 1.807) is 0 Å². The van der Waals surface area contributed by atoms with Crippen molar-refractivity contribution in [3.05, 3.63) is 21.6 Å². The highest BCUT2D eigenvalue weighted by Crippen LogP contribution is 2.42. The largest absolute Gasteiger partial charge is 0.300 e. The fraction of sp³-hybridized carbons (Fsp3) is 0.538. The number of carbonyl (C=O) groups is 1. The summed E-state index contributed by atoms with van der Waals surface area (Å²) in [5, 5.41) is 9.37. The molecule has 1 aromatic heterocycles. The molecule has 2 nitrogen and oxygen atoms in total. The van der Waals surface area contributed by atoms with Gasteiger partial charge in [-0.3, -0.25) is 4.79 Å². The lowest BCUT2D eigenvalue weighted by molar-refractivity contribution is -0.120. The van der Waals surface area contributed by atoms with Crippen LogP contribution in [0.15, 0.2) is 6.07 Å². The Balaban J connectivity index is 2.38. The van der Waals surface area contributed by atoms with Gasteiger partial charge in [0.2, 0.25) is 0 Å². The van der Waals surface area contributed by atoms with Crippen molar-refractivity contribution >= 4 is 17.1 Å². The van der Waals surface area contributed by atoms with E-state index in [4.69, 9.17) is 0 Å². The van der Waals surface area contributed by atoms with Crippen LogP contribution in [-0.4, -0.2) is 5.78 Å². The zero-order valence-corrected chi connectivity index (χ0v) is 10.6. The van der Waals surface area contributed by atoms with E-state index < -0.39 is 5.41 Å². The minimum absolute atomic E-state index is 0.184. The van der Waals surface area contributed by atoms with Crippen LogP contribution in [0.25, 0.3) is 0 Å². The molecule has 0 atom stereocenters. The second-order valence-corrected chi connectivity index (χ2v) is 5.61. The molecule has 0 bridgehead atoms. The SMILES string of the molecule is CCc1cc(F)c(C2(C#N)CCC(=O)CC2)s1. The van der Waals surface area contributed by atoms with E-state index in [9.17, 15) is 14.4 Å². The van der Waals surface area contributed by atoms with E-state index in [-0.39, 0.29) is 11.6 Å². The summed E-state index contributed by atoms with van der Waals surface area (Å²) in [6, 6.07) is 3.77. The molecule has 2 rings (SSSR count). The van der Waals surface area contributed by atoms with Gasteiger partial charge in [-0.15, -0.1) is 11.3 Å². The van der Waals surface area contributed by atoms with Crippen LogP contribution in [0.4, 0.5) is 4.39 Å². The average Bonchev–Trinajstić information content (AvgIpc) is 2.73. The number of Topliss-reactive ketones (excluding diaryl/α,β-unsaturated/α-hetero) is 1. The molecule has 4 heteroatoms. The quantitative estimate of drug-likeness (QED) is 0.808. The predicted octanol–water partition coefficient (Wildman–Crippen LogP) is 3.35. The van der Waals surface area contributed by atoms with Crippen LogP contribution < -0.4 is 0 Å². The number of aryl methyl sites for hydroxylation is 1. The zero-order valence-electron chi connectivity index (χ0n) is 9.75. The number of ketones is 1. The maximum absolute atomic E-state index is 13.9. The Labute approximate surface area is 104 Å². The first-order chi connectivity index (χ1) is 8.11. The smallest absolute Gasteiger partial charge is 0.139 e. The van der Waals surface area contributed by atoms with Crippen molar-refractivity contribution in [3.63, 3.8) is 0 Å². The first-order valence-electron chi connectivity index (χ1n) is 5.83. The lowest BCUT2D eigenvalue weighted by Gasteiger charge is -2.28. The van der Waals surface area contributed by atoms with Gasteiger partial charge < -0.3 is 0 Å². The Bertz CT molecular complexity index is 476. The molecule has 0 radical (unpaired) electrons. The molecule has 1 fully saturated rings. The average molecular weight is 251 g/mol. The van der Waals surface area contributed by atoms with Gasteiger partial charge in [0.05, 0.1) is 16.4 Å². The molecule has 1 aromatic rings. The van der Waals surface area contributed by atoms with Gasteiger partial charge in [0, 0.05) is 17.7 Å². The topological polar surface area (TPSA) is 40.9 Å². The van der Waals surface area contributed by atoms with Crippen LogP contribution in [0.3, 0.4) is 0 Å². The Morgan fingerprint density at radius 2 is 2.18 bits per heavy atom. The van der Waals surface area contributed by atoms with E-state index >= 15 is 0 Å². The van der Waals surface area contributed by atoms with E-state index in [2.05, 4.69) is 6.07 Å². The van der Waals surface area contributed by atoms with Gasteiger partial charge in [0.15, 0.2) is 0 Å². The van der Waals surface area contributed by atoms with Crippen LogP contribution in [0.5, 0.6) is 0 Å². The normalized spacial score (nSPS) is 19.0. The zero-order chi connectivity index (χ0) is 12.5. The number of carbonyl (C=O) groups excluding carboxylic acids is 1. The van der Waals surface area contributed by atoms with Crippen LogP contribution >= 0.6 is 11.3 Å². The molecule has 0 spiro atoms. The third-order valence-corrected chi connectivity index (χ3v) is 4.85. The third kappa shape index (κ3) is 2.12. The maximum atomic E-state index is 13.9. The third-order valence-electron chi connectivity index (χ3n) is 3.40. The molecule has 0 aliphatic heterocycles. The number of hydrogen-bond donors (Lipinski definition) is 0. The molecule has 17 heavy (non-hydrogen) atoms. The first kappa shape index (κ1) is 12.3. The van der Waals surface area contributed by atoms with Gasteiger partial charge in [-0.2, -0.15) is 5.26 Å². The summed E-state index contributed by atoms with van der Waals surface area (Å²) in [4.78, 5) is 12.7. The summed E-state index contributed by atoms with van der Waals surface area (Å²) in [5.74, 6) is -0.0914. The molecule has 0 amide bonds. The minimum Gasteiger partial charge on any atom is -0.300 e. The minimum atomic E-state index is -0.768. The monoisotopic (exact) mass is 251 g/mol. The molecular weight excluding hydrogens is 237 g/mol.